The number of rotatable bonds is 28. The van der Waals surface area contributed by atoms with Gasteiger partial charge in [-0.2, -0.15) is 0 Å². The maximum absolute atomic E-state index is 12.9. The summed E-state index contributed by atoms with van der Waals surface area (Å²) in [6.07, 6.45) is 12.2. The molecule has 0 radical (unpaired) electrons. The molecule has 0 aliphatic rings. The molecule has 0 aliphatic carbocycles. The minimum atomic E-state index is -3.35. The predicted molar refractivity (Wildman–Crippen MR) is 239 cm³/mol. The minimum absolute atomic E-state index is 0.0980. The molecule has 0 N–H and O–H groups in total. The van der Waals surface area contributed by atoms with Crippen molar-refractivity contribution in [3.05, 3.63) is 121 Å². The Kier molecular flexibility index (Phi) is 19.8. The van der Waals surface area contributed by atoms with Gasteiger partial charge in [0, 0.05) is 0 Å². The molecule has 0 saturated heterocycles. The van der Waals surface area contributed by atoms with Crippen molar-refractivity contribution in [1.29, 1.82) is 0 Å². The summed E-state index contributed by atoms with van der Waals surface area (Å²) < 4.78 is 103. The van der Waals surface area contributed by atoms with Crippen LogP contribution in [-0.2, 0) is 39.3 Å². The zero-order chi connectivity index (χ0) is 41.0. The van der Waals surface area contributed by atoms with Crippen LogP contribution in [0.5, 0.6) is 0 Å². The molecule has 0 spiro atoms. The van der Waals surface area contributed by atoms with E-state index in [0.717, 1.165) is 69.1 Å². The van der Waals surface area contributed by atoms with Crippen molar-refractivity contribution in [1.82, 2.24) is 0 Å². The average Bonchev–Trinajstić information content (AvgIpc) is 3.22. The molecule has 312 valence electrons. The first kappa shape index (κ1) is 47.2. The van der Waals surface area contributed by atoms with Crippen molar-refractivity contribution in [3.8, 4) is 0 Å². The molecule has 8 nitrogen and oxygen atoms in total. The van der Waals surface area contributed by atoms with Gasteiger partial charge in [-0.15, -0.1) is 15.8 Å². The molecule has 4 rings (SSSR count). The molecule has 0 amide bonds. The van der Waals surface area contributed by atoms with Gasteiger partial charge in [0.2, 0.25) is 0 Å². The second-order valence-electron chi connectivity index (χ2n) is 14.4. The lowest BCUT2D eigenvalue weighted by molar-refractivity contribution is 0.591. The highest BCUT2D eigenvalue weighted by Crippen LogP contribution is 2.43. The zero-order valence-corrected chi connectivity index (χ0v) is 37.8. The molecule has 0 fully saturated rings. The van der Waals surface area contributed by atoms with Crippen molar-refractivity contribution >= 4 is 55.2 Å². The third kappa shape index (κ3) is 17.0. The molecular formula is C43H58O8P2S4. The highest BCUT2D eigenvalue weighted by atomic mass is 32.2. The maximum Gasteiger partial charge on any atom is 0.178 e. The Morgan fingerprint density at radius 1 is 0.263 bits per heavy atom. The molecule has 0 unspecified atom stereocenters. The number of sulfone groups is 4. The molecule has 4 aromatic carbocycles. The summed E-state index contributed by atoms with van der Waals surface area (Å²) in [5.74, 6) is 0.392. The maximum atomic E-state index is 12.9. The molecule has 0 aliphatic heterocycles. The van der Waals surface area contributed by atoms with E-state index < -0.39 is 55.2 Å². The molecular weight excluding hydrogens is 835 g/mol. The van der Waals surface area contributed by atoms with E-state index in [1.165, 1.54) is 0 Å². The largest absolute Gasteiger partial charge is 0.224 e. The van der Waals surface area contributed by atoms with E-state index in [1.807, 2.05) is 0 Å². The summed E-state index contributed by atoms with van der Waals surface area (Å²) in [5.41, 5.74) is 0. The number of hydrogen-bond acceptors (Lipinski definition) is 8. The van der Waals surface area contributed by atoms with Crippen LogP contribution in [0.4, 0.5) is 0 Å². The Labute approximate surface area is 345 Å². The van der Waals surface area contributed by atoms with E-state index in [-0.39, 0.29) is 23.0 Å². The summed E-state index contributed by atoms with van der Waals surface area (Å²) in [5, 5.41) is 0. The molecule has 0 bridgehead atoms. The summed E-state index contributed by atoms with van der Waals surface area (Å²) in [4.78, 5) is 1.37. The second kappa shape index (κ2) is 24.0. The van der Waals surface area contributed by atoms with Crippen molar-refractivity contribution in [2.45, 2.75) is 77.4 Å². The first-order valence-corrected chi connectivity index (χ1v) is 30.2. The van der Waals surface area contributed by atoms with Crippen molar-refractivity contribution < 1.29 is 33.7 Å². The van der Waals surface area contributed by atoms with Crippen LogP contribution in [0.2, 0.25) is 0 Å². The number of hydrogen-bond donors (Lipinski definition) is 0. The normalized spacial score (nSPS) is 12.7. The van der Waals surface area contributed by atoms with Crippen LogP contribution in [0.15, 0.2) is 141 Å². The van der Waals surface area contributed by atoms with E-state index in [2.05, 4.69) is 0 Å². The first-order valence-electron chi connectivity index (χ1n) is 19.8. The Morgan fingerprint density at radius 2 is 0.456 bits per heavy atom. The van der Waals surface area contributed by atoms with E-state index in [1.54, 1.807) is 121 Å². The van der Waals surface area contributed by atoms with Gasteiger partial charge in [-0.25, -0.2) is 33.7 Å². The van der Waals surface area contributed by atoms with Crippen LogP contribution in [0, 0.1) is 0 Å². The summed E-state index contributed by atoms with van der Waals surface area (Å²) in [6, 6.07) is 34.1. The molecule has 0 atom stereocenters. The van der Waals surface area contributed by atoms with Crippen LogP contribution in [0.1, 0.15) is 57.8 Å². The van der Waals surface area contributed by atoms with Gasteiger partial charge < -0.3 is 0 Å². The summed E-state index contributed by atoms with van der Waals surface area (Å²) in [7, 11) is -14.3. The lowest BCUT2D eigenvalue weighted by Crippen LogP contribution is -2.09. The Hall–Kier alpha value is -2.46. The highest BCUT2D eigenvalue weighted by molar-refractivity contribution is 7.92. The Morgan fingerprint density at radius 3 is 0.667 bits per heavy atom. The Bertz CT molecular complexity index is 1880. The standard InChI is InChI=1S/C43H58O8P2S4/c44-54(45,40-22-5-1-6-23-40)36-17-13-30-52(31-14-18-37-55(46,47)41-24-7-2-8-25-41)34-21-35-53(32-15-19-38-56(48,49)42-26-9-3-10-27-42)33-16-20-39-57(50,51)43-28-11-4-12-29-43/h1-12,22-29H,13-21,30-39H2. The van der Waals surface area contributed by atoms with Crippen LogP contribution >= 0.6 is 15.8 Å². The second-order valence-corrected chi connectivity index (χ2v) is 28.2. The van der Waals surface area contributed by atoms with E-state index >= 15 is 0 Å². The van der Waals surface area contributed by atoms with Crippen LogP contribution in [0.25, 0.3) is 0 Å². The third-order valence-corrected chi connectivity index (χ3v) is 22.9. The fourth-order valence-electron chi connectivity index (χ4n) is 6.68. The molecule has 57 heavy (non-hydrogen) atoms. The van der Waals surface area contributed by atoms with Crippen molar-refractivity contribution in [3.63, 3.8) is 0 Å². The van der Waals surface area contributed by atoms with E-state index in [0.29, 0.717) is 45.3 Å². The highest BCUT2D eigenvalue weighted by Gasteiger charge is 2.19. The lowest BCUT2D eigenvalue weighted by atomic mass is 10.4. The van der Waals surface area contributed by atoms with E-state index in [9.17, 15) is 33.7 Å². The predicted octanol–water partition coefficient (Wildman–Crippen LogP) is 9.36. The SMILES string of the molecule is O=S(=O)(CCCCP(CCCCS(=O)(=O)c1ccccc1)CCCP(CCCCS(=O)(=O)c1ccccc1)CCCCS(=O)(=O)c1ccccc1)c1ccccc1. The fraction of sp³-hybridized carbons (Fsp3) is 0.442. The van der Waals surface area contributed by atoms with Crippen molar-refractivity contribution in [2.75, 3.05) is 60.0 Å². The zero-order valence-electron chi connectivity index (χ0n) is 32.8. The number of unbranched alkanes of at least 4 members (excludes halogenated alkanes) is 4. The van der Waals surface area contributed by atoms with Gasteiger partial charge in [-0.1, -0.05) is 72.8 Å². The topological polar surface area (TPSA) is 137 Å². The first-order chi connectivity index (χ1) is 27.3. The molecule has 14 heteroatoms. The molecule has 0 aromatic heterocycles. The van der Waals surface area contributed by atoms with Gasteiger partial charge in [0.05, 0.1) is 42.6 Å². The Balaban J connectivity index is 1.33. The van der Waals surface area contributed by atoms with Gasteiger partial charge in [-0.05, 0) is 143 Å². The van der Waals surface area contributed by atoms with Gasteiger partial charge in [0.15, 0.2) is 39.3 Å². The lowest BCUT2D eigenvalue weighted by Gasteiger charge is -2.22. The van der Waals surface area contributed by atoms with Gasteiger partial charge >= 0.3 is 0 Å². The van der Waals surface area contributed by atoms with Gasteiger partial charge in [0.25, 0.3) is 0 Å². The fourth-order valence-corrected chi connectivity index (χ4v) is 17.7. The van der Waals surface area contributed by atoms with Gasteiger partial charge in [-0.3, -0.25) is 0 Å². The smallest absolute Gasteiger partial charge is 0.178 e. The monoisotopic (exact) mass is 892 g/mol. The quantitative estimate of drug-likeness (QED) is 0.0407. The van der Waals surface area contributed by atoms with Crippen LogP contribution in [-0.4, -0.2) is 93.7 Å². The third-order valence-electron chi connectivity index (χ3n) is 9.91. The summed E-state index contributed by atoms with van der Waals surface area (Å²) >= 11 is 0. The van der Waals surface area contributed by atoms with Crippen LogP contribution < -0.4 is 0 Å². The average molecular weight is 893 g/mol. The van der Waals surface area contributed by atoms with Crippen molar-refractivity contribution in [2.24, 2.45) is 0 Å². The van der Waals surface area contributed by atoms with Crippen LogP contribution in [0.3, 0.4) is 0 Å². The molecule has 0 saturated carbocycles. The van der Waals surface area contributed by atoms with Gasteiger partial charge in [0.1, 0.15) is 0 Å². The summed E-state index contributed by atoms with van der Waals surface area (Å²) in [6.45, 7) is 0. The number of benzene rings is 4. The molecule has 0 heterocycles. The molecule has 4 aromatic rings. The minimum Gasteiger partial charge on any atom is -0.224 e. The van der Waals surface area contributed by atoms with E-state index in [4.69, 9.17) is 0 Å².